The van der Waals surface area contributed by atoms with Crippen molar-refractivity contribution in [2.24, 2.45) is 0 Å². The normalized spacial score (nSPS) is 12.2. The van der Waals surface area contributed by atoms with Gasteiger partial charge in [0.2, 0.25) is 0 Å². The number of carbonyl (C=O) groups is 2. The number of allylic oxidation sites excluding steroid dienone is 2. The molecule has 0 fully saturated rings. The van der Waals surface area contributed by atoms with Crippen LogP contribution in [0.5, 0.6) is 0 Å². The number of carbonyl (C=O) groups excluding carboxylic acids is 2. The Morgan fingerprint density at radius 1 is 0.625 bits per heavy atom. The van der Waals surface area contributed by atoms with Gasteiger partial charge in [-0.2, -0.15) is 0 Å². The Bertz CT molecular complexity index is 461. The molecular weight excluding hydrogens is 404 g/mol. The van der Waals surface area contributed by atoms with Gasteiger partial charge in [0.15, 0.2) is 0 Å². The van der Waals surface area contributed by atoms with Gasteiger partial charge in [0.25, 0.3) is 0 Å². The van der Waals surface area contributed by atoms with Crippen LogP contribution in [0.3, 0.4) is 0 Å². The van der Waals surface area contributed by atoms with Gasteiger partial charge in [0.05, 0.1) is 0 Å². The summed E-state index contributed by atoms with van der Waals surface area (Å²) < 4.78 is 10.1. The van der Waals surface area contributed by atoms with Gasteiger partial charge in [0.1, 0.15) is 19.3 Å². The van der Waals surface area contributed by atoms with E-state index in [1.54, 1.807) is 0 Å². The molecular formula is C27H50O5. The average molecular weight is 455 g/mol. The molecule has 5 nitrogen and oxygen atoms in total. The van der Waals surface area contributed by atoms with Crippen LogP contribution in [0.1, 0.15) is 129 Å². The van der Waals surface area contributed by atoms with Crippen LogP contribution in [-0.4, -0.2) is 36.4 Å². The SMILES string of the molecule is CCCCCCCC/C=C\CCCCCCCC(=O)OCC(O)COC(=O)CCCCC. The summed E-state index contributed by atoms with van der Waals surface area (Å²) in [5.41, 5.74) is 0. The van der Waals surface area contributed by atoms with Crippen LogP contribution in [0.2, 0.25) is 0 Å². The first-order chi connectivity index (χ1) is 15.6. The third-order valence-electron chi connectivity index (χ3n) is 5.50. The molecule has 0 aliphatic rings. The maximum absolute atomic E-state index is 11.7. The van der Waals surface area contributed by atoms with Gasteiger partial charge in [-0.05, 0) is 38.5 Å². The van der Waals surface area contributed by atoms with Gasteiger partial charge in [-0.1, -0.05) is 90.2 Å². The minimum atomic E-state index is -0.955. The number of ether oxygens (including phenoxy) is 2. The Balaban J connectivity index is 3.42. The van der Waals surface area contributed by atoms with Gasteiger partial charge in [0, 0.05) is 12.8 Å². The molecule has 0 radical (unpaired) electrons. The van der Waals surface area contributed by atoms with Crippen molar-refractivity contribution in [3.05, 3.63) is 12.2 Å². The molecule has 0 aromatic heterocycles. The molecule has 1 N–H and O–H groups in total. The van der Waals surface area contributed by atoms with E-state index in [-0.39, 0.29) is 25.2 Å². The lowest BCUT2D eigenvalue weighted by Gasteiger charge is -2.12. The fraction of sp³-hybridized carbons (Fsp3) is 0.852. The molecule has 0 rings (SSSR count). The first kappa shape index (κ1) is 30.6. The summed E-state index contributed by atoms with van der Waals surface area (Å²) in [4.78, 5) is 23.2. The van der Waals surface area contributed by atoms with Crippen molar-refractivity contribution >= 4 is 11.9 Å². The number of rotatable bonds is 23. The topological polar surface area (TPSA) is 72.8 Å². The predicted octanol–water partition coefficient (Wildman–Crippen LogP) is 7.05. The molecule has 0 amide bonds. The van der Waals surface area contributed by atoms with E-state index < -0.39 is 6.10 Å². The molecule has 188 valence electrons. The van der Waals surface area contributed by atoms with Crippen LogP contribution < -0.4 is 0 Å². The summed E-state index contributed by atoms with van der Waals surface area (Å²) >= 11 is 0. The average Bonchev–Trinajstić information content (AvgIpc) is 2.79. The van der Waals surface area contributed by atoms with Crippen LogP contribution >= 0.6 is 0 Å². The van der Waals surface area contributed by atoms with Crippen molar-refractivity contribution in [1.82, 2.24) is 0 Å². The van der Waals surface area contributed by atoms with E-state index in [0.29, 0.717) is 12.8 Å². The van der Waals surface area contributed by atoms with E-state index in [1.807, 2.05) is 0 Å². The maximum atomic E-state index is 11.7. The Kier molecular flexibility index (Phi) is 23.3. The molecule has 0 spiro atoms. The number of hydrogen-bond acceptors (Lipinski definition) is 5. The Morgan fingerprint density at radius 2 is 1.00 bits per heavy atom. The molecule has 0 bridgehead atoms. The van der Waals surface area contributed by atoms with E-state index in [1.165, 1.54) is 57.8 Å². The Hall–Kier alpha value is -1.36. The standard InChI is InChI=1S/C27H50O5/c1-3-5-7-8-9-10-11-12-13-14-15-16-17-18-20-22-27(30)32-24-25(28)23-31-26(29)21-19-6-4-2/h12-13,25,28H,3-11,14-24H2,1-2H3/b13-12-. The molecule has 0 aliphatic carbocycles. The molecule has 0 saturated heterocycles. The molecule has 1 atom stereocenters. The fourth-order valence-electron chi connectivity index (χ4n) is 3.43. The fourth-order valence-corrected chi connectivity index (χ4v) is 3.43. The van der Waals surface area contributed by atoms with Crippen molar-refractivity contribution in [2.75, 3.05) is 13.2 Å². The number of aliphatic hydroxyl groups excluding tert-OH is 1. The molecule has 0 heterocycles. The summed E-state index contributed by atoms with van der Waals surface area (Å²) in [6, 6.07) is 0. The Morgan fingerprint density at radius 3 is 1.50 bits per heavy atom. The van der Waals surface area contributed by atoms with Gasteiger partial charge in [-0.3, -0.25) is 9.59 Å². The third kappa shape index (κ3) is 23.3. The summed E-state index contributed by atoms with van der Waals surface area (Å²) in [6.45, 7) is 4.09. The molecule has 0 aromatic carbocycles. The molecule has 0 aromatic rings. The van der Waals surface area contributed by atoms with Crippen molar-refractivity contribution in [3.63, 3.8) is 0 Å². The van der Waals surface area contributed by atoms with E-state index in [0.717, 1.165) is 44.9 Å². The molecule has 0 saturated carbocycles. The van der Waals surface area contributed by atoms with E-state index in [9.17, 15) is 14.7 Å². The van der Waals surface area contributed by atoms with E-state index in [2.05, 4.69) is 26.0 Å². The van der Waals surface area contributed by atoms with Crippen LogP contribution in [0.15, 0.2) is 12.2 Å². The first-order valence-electron chi connectivity index (χ1n) is 13.2. The van der Waals surface area contributed by atoms with Crippen LogP contribution in [-0.2, 0) is 19.1 Å². The van der Waals surface area contributed by atoms with Crippen molar-refractivity contribution in [1.29, 1.82) is 0 Å². The summed E-state index contributed by atoms with van der Waals surface area (Å²) in [7, 11) is 0. The highest BCUT2D eigenvalue weighted by Gasteiger charge is 2.11. The van der Waals surface area contributed by atoms with E-state index >= 15 is 0 Å². The van der Waals surface area contributed by atoms with E-state index in [4.69, 9.17) is 9.47 Å². The van der Waals surface area contributed by atoms with Gasteiger partial charge in [-0.15, -0.1) is 0 Å². The number of aliphatic hydroxyl groups is 1. The lowest BCUT2D eigenvalue weighted by molar-refractivity contribution is -0.152. The molecule has 0 aliphatic heterocycles. The van der Waals surface area contributed by atoms with Crippen LogP contribution in [0, 0.1) is 0 Å². The highest BCUT2D eigenvalue weighted by molar-refractivity contribution is 5.69. The van der Waals surface area contributed by atoms with Crippen LogP contribution in [0.25, 0.3) is 0 Å². The lowest BCUT2D eigenvalue weighted by atomic mass is 10.1. The summed E-state index contributed by atoms with van der Waals surface area (Å²) in [6.07, 6.45) is 23.1. The minimum absolute atomic E-state index is 0.119. The zero-order chi connectivity index (χ0) is 23.7. The molecule has 5 heteroatoms. The third-order valence-corrected chi connectivity index (χ3v) is 5.50. The second-order valence-corrected chi connectivity index (χ2v) is 8.81. The van der Waals surface area contributed by atoms with Gasteiger partial charge < -0.3 is 14.6 Å². The second kappa shape index (κ2) is 24.3. The van der Waals surface area contributed by atoms with Gasteiger partial charge in [-0.25, -0.2) is 0 Å². The highest BCUT2D eigenvalue weighted by Crippen LogP contribution is 2.10. The maximum Gasteiger partial charge on any atom is 0.305 e. The van der Waals surface area contributed by atoms with Gasteiger partial charge >= 0.3 is 11.9 Å². The summed E-state index contributed by atoms with van der Waals surface area (Å²) in [5, 5.41) is 9.76. The molecule has 32 heavy (non-hydrogen) atoms. The number of esters is 2. The smallest absolute Gasteiger partial charge is 0.305 e. The predicted molar refractivity (Wildman–Crippen MR) is 132 cm³/mol. The second-order valence-electron chi connectivity index (χ2n) is 8.81. The molecule has 1 unspecified atom stereocenters. The number of unbranched alkanes of at least 4 members (excludes halogenated alkanes) is 13. The van der Waals surface area contributed by atoms with Crippen molar-refractivity contribution in [2.45, 2.75) is 136 Å². The lowest BCUT2D eigenvalue weighted by Crippen LogP contribution is -2.25. The quantitative estimate of drug-likeness (QED) is 0.102. The first-order valence-corrected chi connectivity index (χ1v) is 13.2. The zero-order valence-electron chi connectivity index (χ0n) is 21.0. The van der Waals surface area contributed by atoms with Crippen molar-refractivity contribution < 1.29 is 24.2 Å². The number of hydrogen-bond donors (Lipinski definition) is 1. The van der Waals surface area contributed by atoms with Crippen LogP contribution in [0.4, 0.5) is 0 Å². The largest absolute Gasteiger partial charge is 0.463 e. The summed E-state index contributed by atoms with van der Waals surface area (Å²) in [5.74, 6) is -0.604. The highest BCUT2D eigenvalue weighted by atomic mass is 16.6. The minimum Gasteiger partial charge on any atom is -0.463 e. The Labute approximate surface area is 197 Å². The zero-order valence-corrected chi connectivity index (χ0v) is 21.0. The monoisotopic (exact) mass is 454 g/mol. The van der Waals surface area contributed by atoms with Crippen molar-refractivity contribution in [3.8, 4) is 0 Å².